The number of ether oxygens (including phenoxy) is 1. The molecule has 10 N–H and O–H groups in total. The van der Waals surface area contributed by atoms with Crippen LogP contribution in [0.3, 0.4) is 0 Å². The molecule has 0 aliphatic carbocycles. The molecule has 1 rings (SSSR count). The van der Waals surface area contributed by atoms with E-state index in [0.29, 0.717) is 0 Å². The summed E-state index contributed by atoms with van der Waals surface area (Å²) in [6.45, 7) is 2.24. The van der Waals surface area contributed by atoms with E-state index in [2.05, 4.69) is 10.6 Å². The minimum absolute atomic E-state index is 0.0676. The van der Waals surface area contributed by atoms with E-state index < -0.39 is 91.2 Å². The minimum atomic E-state index is -1.93. The van der Waals surface area contributed by atoms with Crippen LogP contribution in [0.2, 0.25) is 0 Å². The maximum Gasteiger partial charge on any atom is 0.303 e. The molecule has 4 amide bonds. The van der Waals surface area contributed by atoms with Gasteiger partial charge in [-0.15, -0.1) is 0 Å². The number of likely N-dealkylation sites (N-methyl/N-ethyl adjacent to an activating group) is 1. The van der Waals surface area contributed by atoms with Crippen molar-refractivity contribution < 1.29 is 53.9 Å². The van der Waals surface area contributed by atoms with Crippen LogP contribution in [0.5, 0.6) is 0 Å². The number of aliphatic carboxylic acids is 1. The van der Waals surface area contributed by atoms with Crippen molar-refractivity contribution in [3.63, 3.8) is 0 Å². The van der Waals surface area contributed by atoms with E-state index in [-0.39, 0.29) is 30.5 Å². The zero-order valence-electron chi connectivity index (χ0n) is 22.8. The van der Waals surface area contributed by atoms with Gasteiger partial charge in [0.2, 0.25) is 23.6 Å². The second kappa shape index (κ2) is 17.0. The fraction of sp³-hybridized carbons (Fsp3) is 0.538. The second-order valence-corrected chi connectivity index (χ2v) is 9.18. The summed E-state index contributed by atoms with van der Waals surface area (Å²) in [6.07, 6.45) is -8.72. The third kappa shape index (κ3) is 10.5. The van der Waals surface area contributed by atoms with Gasteiger partial charge in [0.05, 0.1) is 18.6 Å². The number of amides is 4. The Hall–Kier alpha value is -3.92. The lowest BCUT2D eigenvalue weighted by Gasteiger charge is -2.33. The Morgan fingerprint density at radius 2 is 1.59 bits per heavy atom. The number of carboxylic acids is 1. The summed E-state index contributed by atoms with van der Waals surface area (Å²) in [5.41, 5.74) is 10.4. The first kappa shape index (κ1) is 35.1. The maximum absolute atomic E-state index is 13.2. The number of benzene rings is 1. The van der Waals surface area contributed by atoms with E-state index in [9.17, 15) is 44.1 Å². The van der Waals surface area contributed by atoms with Gasteiger partial charge in [-0.1, -0.05) is 25.1 Å². The lowest BCUT2D eigenvalue weighted by atomic mass is 9.93. The molecule has 6 atom stereocenters. The van der Waals surface area contributed by atoms with Gasteiger partial charge in [0.25, 0.3) is 0 Å². The van der Waals surface area contributed by atoms with Crippen molar-refractivity contribution in [2.24, 2.45) is 17.4 Å². The Morgan fingerprint density at radius 1 is 0.976 bits per heavy atom. The van der Waals surface area contributed by atoms with Gasteiger partial charge in [-0.2, -0.15) is 0 Å². The molecule has 15 heteroatoms. The quantitative estimate of drug-likeness (QED) is 0.0812. The van der Waals surface area contributed by atoms with Gasteiger partial charge in [-0.05, 0) is 25.8 Å². The molecule has 0 saturated heterocycles. The molecular formula is C26H38N4O11. The van der Waals surface area contributed by atoms with Crippen molar-refractivity contribution in [1.82, 2.24) is 10.6 Å². The van der Waals surface area contributed by atoms with Crippen LogP contribution >= 0.6 is 0 Å². The lowest BCUT2D eigenvalue weighted by molar-refractivity contribution is -0.163. The third-order valence-electron chi connectivity index (χ3n) is 6.22. The van der Waals surface area contributed by atoms with Gasteiger partial charge < -0.3 is 47.3 Å². The van der Waals surface area contributed by atoms with Crippen molar-refractivity contribution in [2.75, 3.05) is 13.2 Å². The molecule has 41 heavy (non-hydrogen) atoms. The van der Waals surface area contributed by atoms with Gasteiger partial charge in [-0.3, -0.25) is 28.8 Å². The number of aliphatic hydroxyl groups excluding tert-OH is 3. The van der Waals surface area contributed by atoms with E-state index >= 15 is 0 Å². The largest absolute Gasteiger partial charge is 0.481 e. The van der Waals surface area contributed by atoms with Gasteiger partial charge in [-0.25, -0.2) is 0 Å². The molecule has 0 aromatic heterocycles. The number of nitrogens with two attached hydrogens (primary N) is 2. The normalized spacial score (nSPS) is 15.4. The van der Waals surface area contributed by atoms with Crippen LogP contribution in [0.15, 0.2) is 24.3 Å². The maximum atomic E-state index is 13.2. The first-order valence-corrected chi connectivity index (χ1v) is 12.9. The Balaban J connectivity index is 3.43. The Morgan fingerprint density at radius 3 is 2.07 bits per heavy atom. The number of hydrogen-bond donors (Lipinski definition) is 8. The van der Waals surface area contributed by atoms with Crippen LogP contribution in [0.25, 0.3) is 0 Å². The molecule has 0 aliphatic rings. The number of nitrogens with one attached hydrogen (secondary N) is 2. The molecular weight excluding hydrogens is 544 g/mol. The minimum Gasteiger partial charge on any atom is -0.481 e. The molecule has 0 aliphatic heterocycles. The van der Waals surface area contributed by atoms with E-state index in [1.165, 1.54) is 31.2 Å². The highest BCUT2D eigenvalue weighted by molar-refractivity contribution is 6.07. The van der Waals surface area contributed by atoms with E-state index in [0.717, 1.165) is 0 Å². The molecule has 0 saturated carbocycles. The van der Waals surface area contributed by atoms with Crippen LogP contribution in [0, 0.1) is 5.92 Å². The van der Waals surface area contributed by atoms with Gasteiger partial charge in [0.15, 0.2) is 5.78 Å². The summed E-state index contributed by atoms with van der Waals surface area (Å²) < 4.78 is 5.82. The molecule has 228 valence electrons. The number of Topliss-reactive ketones (excluding diaryl/α,β-unsaturated/α-hetero) is 1. The molecule has 3 unspecified atom stereocenters. The molecule has 0 radical (unpaired) electrons. The van der Waals surface area contributed by atoms with Gasteiger partial charge in [0.1, 0.15) is 24.4 Å². The molecule has 1 aromatic carbocycles. The fourth-order valence-corrected chi connectivity index (χ4v) is 4.01. The zero-order chi connectivity index (χ0) is 31.3. The number of hydrogen-bond acceptors (Lipinski definition) is 10. The summed E-state index contributed by atoms with van der Waals surface area (Å²) >= 11 is 0. The van der Waals surface area contributed by atoms with E-state index in [1.807, 2.05) is 0 Å². The topological polar surface area (TPSA) is 269 Å². The molecule has 0 heterocycles. The number of carbonyl (C=O) groups is 6. The van der Waals surface area contributed by atoms with Crippen LogP contribution in [0.1, 0.15) is 60.2 Å². The van der Waals surface area contributed by atoms with Crippen molar-refractivity contribution in [3.05, 3.63) is 35.4 Å². The number of carboxylic acid groups (broad SMARTS) is 1. The molecule has 0 spiro atoms. The van der Waals surface area contributed by atoms with E-state index in [4.69, 9.17) is 21.3 Å². The van der Waals surface area contributed by atoms with Crippen LogP contribution in [-0.2, 0) is 23.9 Å². The van der Waals surface area contributed by atoms with E-state index in [1.54, 1.807) is 6.92 Å². The van der Waals surface area contributed by atoms with Crippen LogP contribution < -0.4 is 22.1 Å². The number of ketones is 1. The second-order valence-electron chi connectivity index (χ2n) is 9.18. The standard InChI is InChI=1S/C26H38N4O11/c1-3-13(25(39)30-16(24(28)38)9-10-20(34)35)22(26(40)29-4-2)41-19(21(36)18(33)12-31)11-17(32)14-7-5-6-8-15(14)23(27)37/h5-8,13,16,18-19,21-22,31,33,36H,3-4,9-12H2,1-2H3,(H2,27,37)(H2,28,38)(H,29,40)(H,30,39)(H,34,35)/t13?,16?,18-,19-,21-,22?/m1/s1. The molecule has 1 aromatic rings. The average molecular weight is 583 g/mol. The summed E-state index contributed by atoms with van der Waals surface area (Å²) in [7, 11) is 0. The highest BCUT2D eigenvalue weighted by Crippen LogP contribution is 2.23. The van der Waals surface area contributed by atoms with Crippen molar-refractivity contribution >= 4 is 35.4 Å². The molecule has 0 bridgehead atoms. The number of rotatable bonds is 19. The third-order valence-corrected chi connectivity index (χ3v) is 6.22. The molecule has 15 nitrogen and oxygen atoms in total. The highest BCUT2D eigenvalue weighted by Gasteiger charge is 2.40. The first-order chi connectivity index (χ1) is 19.3. The Bertz CT molecular complexity index is 1100. The summed E-state index contributed by atoms with van der Waals surface area (Å²) in [5.74, 6) is -7.00. The first-order valence-electron chi connectivity index (χ1n) is 12.9. The lowest BCUT2D eigenvalue weighted by Crippen LogP contribution is -2.54. The number of primary amides is 2. The Kier molecular flexibility index (Phi) is 14.6. The smallest absolute Gasteiger partial charge is 0.303 e. The monoisotopic (exact) mass is 582 g/mol. The SMILES string of the molecule is CCNC(=O)C(O[C@H](CC(=O)c1ccccc1C(N)=O)[C@H](O)[C@H](O)CO)C(CC)C(=O)NC(CCC(=O)O)C(N)=O. The number of carbonyl (C=O) groups excluding carboxylic acids is 5. The van der Waals surface area contributed by atoms with Crippen LogP contribution in [0.4, 0.5) is 0 Å². The average Bonchev–Trinajstić information content (AvgIpc) is 2.93. The number of aliphatic hydroxyl groups is 3. The predicted octanol–water partition coefficient (Wildman–Crippen LogP) is -2.18. The Labute approximate surface area is 236 Å². The summed E-state index contributed by atoms with van der Waals surface area (Å²) in [4.78, 5) is 74.0. The summed E-state index contributed by atoms with van der Waals surface area (Å²) in [6, 6.07) is 4.16. The van der Waals surface area contributed by atoms with Crippen molar-refractivity contribution in [1.29, 1.82) is 0 Å². The van der Waals surface area contributed by atoms with Crippen LogP contribution in [-0.4, -0.2) is 99.4 Å². The highest BCUT2D eigenvalue weighted by atomic mass is 16.5. The molecule has 0 fully saturated rings. The van der Waals surface area contributed by atoms with Gasteiger partial charge >= 0.3 is 5.97 Å². The fourth-order valence-electron chi connectivity index (χ4n) is 4.01. The van der Waals surface area contributed by atoms with Crippen molar-refractivity contribution in [3.8, 4) is 0 Å². The predicted molar refractivity (Wildman–Crippen MR) is 142 cm³/mol. The summed E-state index contributed by atoms with van der Waals surface area (Å²) in [5, 5.41) is 43.9. The van der Waals surface area contributed by atoms with Crippen molar-refractivity contribution in [2.45, 2.75) is 70.0 Å². The zero-order valence-corrected chi connectivity index (χ0v) is 22.8. The van der Waals surface area contributed by atoms with Gasteiger partial charge in [0, 0.05) is 30.5 Å².